The van der Waals surface area contributed by atoms with Crippen molar-refractivity contribution in [1.29, 1.82) is 0 Å². The predicted molar refractivity (Wildman–Crippen MR) is 94.1 cm³/mol. The number of carbonyl (C=O) groups is 2. The van der Waals surface area contributed by atoms with Crippen molar-refractivity contribution in [2.75, 3.05) is 0 Å². The number of fused-ring (bicyclic) bond motifs is 1. The van der Waals surface area contributed by atoms with Gasteiger partial charge in [-0.25, -0.2) is 13.9 Å². The van der Waals surface area contributed by atoms with Gasteiger partial charge in [0.05, 0.1) is 0 Å². The molecule has 1 aliphatic carbocycles. The van der Waals surface area contributed by atoms with Crippen LogP contribution in [0.1, 0.15) is 53.5 Å². The van der Waals surface area contributed by atoms with Crippen LogP contribution in [0.4, 0.5) is 4.39 Å². The molecule has 0 radical (unpaired) electrons. The molecule has 7 heteroatoms. The molecule has 6 nitrogen and oxygen atoms in total. The van der Waals surface area contributed by atoms with E-state index in [1.807, 2.05) is 13.8 Å². The van der Waals surface area contributed by atoms with Crippen LogP contribution in [0.5, 0.6) is 0 Å². The Kier molecular flexibility index (Phi) is 5.06. The highest BCUT2D eigenvalue weighted by molar-refractivity contribution is 5.96. The molecular formula is C19H22FN3O3. The second-order valence-electron chi connectivity index (χ2n) is 6.65. The van der Waals surface area contributed by atoms with E-state index in [9.17, 15) is 19.1 Å². The number of nitrogens with zero attached hydrogens (tertiary/aromatic N) is 2. The zero-order chi connectivity index (χ0) is 18.8. The highest BCUT2D eigenvalue weighted by Crippen LogP contribution is 2.29. The summed E-state index contributed by atoms with van der Waals surface area (Å²) in [5.41, 5.74) is 3.00. The minimum Gasteiger partial charge on any atom is -0.480 e. The van der Waals surface area contributed by atoms with E-state index in [1.165, 1.54) is 10.7 Å². The van der Waals surface area contributed by atoms with Gasteiger partial charge in [-0.2, -0.15) is 5.10 Å². The summed E-state index contributed by atoms with van der Waals surface area (Å²) in [6, 6.07) is 3.80. The molecule has 0 bridgehead atoms. The lowest BCUT2D eigenvalue weighted by Gasteiger charge is -2.13. The molecule has 2 aromatic rings. The van der Waals surface area contributed by atoms with E-state index in [0.29, 0.717) is 31.4 Å². The van der Waals surface area contributed by atoms with Crippen LogP contribution < -0.4 is 5.32 Å². The zero-order valence-corrected chi connectivity index (χ0v) is 14.9. The van der Waals surface area contributed by atoms with Gasteiger partial charge in [0, 0.05) is 11.3 Å². The summed E-state index contributed by atoms with van der Waals surface area (Å²) in [7, 11) is 0. The maximum absolute atomic E-state index is 14.3. The average Bonchev–Trinajstić information content (AvgIpc) is 3.19. The van der Waals surface area contributed by atoms with Crippen LogP contribution in [0.15, 0.2) is 18.2 Å². The predicted octanol–water partition coefficient (Wildman–Crippen LogP) is 2.79. The molecule has 1 unspecified atom stereocenters. The molecule has 0 saturated carbocycles. The van der Waals surface area contributed by atoms with Crippen LogP contribution in [-0.2, 0) is 17.6 Å². The van der Waals surface area contributed by atoms with Gasteiger partial charge in [-0.05, 0) is 50.3 Å². The van der Waals surface area contributed by atoms with Crippen LogP contribution in [0.3, 0.4) is 0 Å². The zero-order valence-electron chi connectivity index (χ0n) is 14.9. The van der Waals surface area contributed by atoms with Crippen LogP contribution in [0.2, 0.25) is 0 Å². The third-order valence-corrected chi connectivity index (χ3v) is 4.66. The average molecular weight is 359 g/mol. The third-order valence-electron chi connectivity index (χ3n) is 4.66. The number of aliphatic carboxylic acids is 1. The van der Waals surface area contributed by atoms with E-state index >= 15 is 0 Å². The third kappa shape index (κ3) is 3.34. The van der Waals surface area contributed by atoms with E-state index in [-0.39, 0.29) is 5.69 Å². The van der Waals surface area contributed by atoms with Crippen LogP contribution in [0, 0.1) is 12.7 Å². The number of benzene rings is 1. The molecule has 0 spiro atoms. The molecule has 0 saturated heterocycles. The number of halogens is 1. The summed E-state index contributed by atoms with van der Waals surface area (Å²) in [5.74, 6) is -1.99. The normalized spacial score (nSPS) is 14.1. The Hall–Kier alpha value is -2.70. The van der Waals surface area contributed by atoms with Crippen molar-refractivity contribution >= 4 is 11.9 Å². The minimum absolute atomic E-state index is 0.195. The molecule has 1 atom stereocenters. The van der Waals surface area contributed by atoms with E-state index in [2.05, 4.69) is 10.4 Å². The second kappa shape index (κ2) is 7.27. The molecular weight excluding hydrogens is 337 g/mol. The van der Waals surface area contributed by atoms with E-state index < -0.39 is 23.7 Å². The smallest absolute Gasteiger partial charge is 0.326 e. The summed E-state index contributed by atoms with van der Waals surface area (Å²) in [6.45, 7) is 3.72. The number of amides is 1. The lowest BCUT2D eigenvalue weighted by atomic mass is 10.1. The fraction of sp³-hybridized carbons (Fsp3) is 0.421. The maximum Gasteiger partial charge on any atom is 0.326 e. The fourth-order valence-corrected chi connectivity index (χ4v) is 3.38. The monoisotopic (exact) mass is 359 g/mol. The largest absolute Gasteiger partial charge is 0.480 e. The van der Waals surface area contributed by atoms with Crippen molar-refractivity contribution in [3.05, 3.63) is 46.5 Å². The Morgan fingerprint density at radius 1 is 1.38 bits per heavy atom. The first-order valence-electron chi connectivity index (χ1n) is 8.83. The van der Waals surface area contributed by atoms with Gasteiger partial charge in [0.15, 0.2) is 5.69 Å². The van der Waals surface area contributed by atoms with Crippen molar-refractivity contribution in [2.45, 2.75) is 52.0 Å². The van der Waals surface area contributed by atoms with Crippen molar-refractivity contribution < 1.29 is 19.1 Å². The summed E-state index contributed by atoms with van der Waals surface area (Å²) in [5, 5.41) is 16.1. The molecule has 1 amide bonds. The van der Waals surface area contributed by atoms with Crippen molar-refractivity contribution in [1.82, 2.24) is 15.1 Å². The van der Waals surface area contributed by atoms with E-state index in [4.69, 9.17) is 0 Å². The van der Waals surface area contributed by atoms with E-state index in [1.54, 1.807) is 12.1 Å². The quantitative estimate of drug-likeness (QED) is 0.831. The maximum atomic E-state index is 14.3. The topological polar surface area (TPSA) is 84.2 Å². The lowest BCUT2D eigenvalue weighted by Crippen LogP contribution is -2.41. The number of aryl methyl sites for hydroxylation is 1. The Bertz CT molecular complexity index is 860. The number of nitrogens with one attached hydrogen (secondary N) is 1. The van der Waals surface area contributed by atoms with Gasteiger partial charge in [0.1, 0.15) is 17.5 Å². The van der Waals surface area contributed by atoms with Crippen molar-refractivity contribution in [3.63, 3.8) is 0 Å². The lowest BCUT2D eigenvalue weighted by molar-refractivity contribution is -0.139. The van der Waals surface area contributed by atoms with Crippen LogP contribution >= 0.6 is 0 Å². The van der Waals surface area contributed by atoms with Gasteiger partial charge in [0.2, 0.25) is 0 Å². The van der Waals surface area contributed by atoms with Gasteiger partial charge in [-0.3, -0.25) is 4.79 Å². The first kappa shape index (κ1) is 18.1. The summed E-state index contributed by atoms with van der Waals surface area (Å²) < 4.78 is 15.8. The molecule has 1 aliphatic rings. The SMILES string of the molecule is CCCC(NC(=O)c1nn(-c2cc(C)ccc2F)c2c1CCC2)C(=O)O. The fourth-order valence-electron chi connectivity index (χ4n) is 3.38. The number of aromatic nitrogens is 2. The molecule has 0 fully saturated rings. The summed E-state index contributed by atoms with van der Waals surface area (Å²) in [6.07, 6.45) is 3.23. The Labute approximate surface area is 151 Å². The highest BCUT2D eigenvalue weighted by Gasteiger charge is 2.29. The highest BCUT2D eigenvalue weighted by atomic mass is 19.1. The van der Waals surface area contributed by atoms with Crippen molar-refractivity contribution in [3.8, 4) is 5.69 Å². The van der Waals surface area contributed by atoms with Crippen LogP contribution in [-0.4, -0.2) is 32.8 Å². The standard InChI is InChI=1S/C19H22FN3O3/c1-3-5-14(19(25)26)21-18(24)17-12-6-4-7-15(12)23(22-17)16-10-11(2)8-9-13(16)20/h8-10,14H,3-7H2,1-2H3,(H,21,24)(H,25,26). The number of rotatable bonds is 6. The molecule has 26 heavy (non-hydrogen) atoms. The minimum atomic E-state index is -1.07. The second-order valence-corrected chi connectivity index (χ2v) is 6.65. The molecule has 3 rings (SSSR count). The first-order chi connectivity index (χ1) is 12.4. The Balaban J connectivity index is 1.98. The molecule has 1 aromatic heterocycles. The van der Waals surface area contributed by atoms with E-state index in [0.717, 1.165) is 23.2 Å². The molecule has 0 aliphatic heterocycles. The number of carboxylic acids is 1. The Morgan fingerprint density at radius 2 is 2.15 bits per heavy atom. The van der Waals surface area contributed by atoms with Gasteiger partial charge >= 0.3 is 5.97 Å². The molecule has 2 N–H and O–H groups in total. The summed E-state index contributed by atoms with van der Waals surface area (Å²) >= 11 is 0. The summed E-state index contributed by atoms with van der Waals surface area (Å²) in [4.78, 5) is 24.0. The van der Waals surface area contributed by atoms with Gasteiger partial charge in [-0.15, -0.1) is 0 Å². The number of hydrogen-bond acceptors (Lipinski definition) is 3. The van der Waals surface area contributed by atoms with Crippen LogP contribution in [0.25, 0.3) is 5.69 Å². The Morgan fingerprint density at radius 3 is 2.85 bits per heavy atom. The molecule has 1 aromatic carbocycles. The molecule has 138 valence electrons. The van der Waals surface area contributed by atoms with Gasteiger partial charge in [0.25, 0.3) is 5.91 Å². The molecule has 1 heterocycles. The first-order valence-corrected chi connectivity index (χ1v) is 8.83. The van der Waals surface area contributed by atoms with Gasteiger partial charge in [-0.1, -0.05) is 19.4 Å². The number of hydrogen-bond donors (Lipinski definition) is 2. The number of carboxylic acid groups (broad SMARTS) is 1. The van der Waals surface area contributed by atoms with Gasteiger partial charge < -0.3 is 10.4 Å². The number of carbonyl (C=O) groups excluding carboxylic acids is 1. The van der Waals surface area contributed by atoms with Crippen molar-refractivity contribution in [2.24, 2.45) is 0 Å².